The number of benzene rings is 1. The minimum atomic E-state index is -0.604. The van der Waals surface area contributed by atoms with E-state index in [1.54, 1.807) is 12.1 Å². The van der Waals surface area contributed by atoms with Gasteiger partial charge >= 0.3 is 5.97 Å². The molecule has 2 aromatic rings. The number of hydrogen-bond acceptors (Lipinski definition) is 5. The minimum Gasteiger partial charge on any atom is -0.463 e. The normalized spacial score (nSPS) is 10.2. The van der Waals surface area contributed by atoms with Crippen LogP contribution in [-0.2, 0) is 4.74 Å². The molecule has 8 heteroatoms. The average molecular weight is 341 g/mol. The van der Waals surface area contributed by atoms with Crippen LogP contribution in [0, 0.1) is 0 Å². The third-order valence-electron chi connectivity index (χ3n) is 2.33. The molecule has 0 aliphatic heterocycles. The van der Waals surface area contributed by atoms with E-state index in [4.69, 9.17) is 18.0 Å². The first-order valence-electron chi connectivity index (χ1n) is 5.12. The molecule has 2 rings (SSSR count). The van der Waals surface area contributed by atoms with Crippen molar-refractivity contribution in [1.29, 1.82) is 0 Å². The van der Waals surface area contributed by atoms with Crippen LogP contribution in [0.25, 0.3) is 5.69 Å². The van der Waals surface area contributed by atoms with E-state index in [9.17, 15) is 4.79 Å². The van der Waals surface area contributed by atoms with Crippen molar-refractivity contribution >= 4 is 39.1 Å². The maximum atomic E-state index is 11.3. The molecular weight excluding hydrogens is 332 g/mol. The predicted octanol–water partition coefficient (Wildman–Crippen LogP) is 1.45. The molecule has 1 aromatic carbocycles. The van der Waals surface area contributed by atoms with E-state index in [1.165, 1.54) is 18.1 Å². The predicted molar refractivity (Wildman–Crippen MR) is 76.3 cm³/mol. The van der Waals surface area contributed by atoms with Crippen LogP contribution in [0.15, 0.2) is 29.0 Å². The van der Waals surface area contributed by atoms with E-state index in [-0.39, 0.29) is 10.8 Å². The molecule has 0 saturated carbocycles. The Morgan fingerprint density at radius 3 is 2.89 bits per heavy atom. The number of halogens is 1. The van der Waals surface area contributed by atoms with Crippen molar-refractivity contribution in [2.24, 2.45) is 5.73 Å². The molecule has 1 heterocycles. The summed E-state index contributed by atoms with van der Waals surface area (Å²) in [6.07, 6.45) is 1.40. The molecule has 0 unspecified atom stereocenters. The summed E-state index contributed by atoms with van der Waals surface area (Å²) in [7, 11) is 1.27. The van der Waals surface area contributed by atoms with Gasteiger partial charge in [0.25, 0.3) is 5.82 Å². The molecule has 0 fully saturated rings. The topological polar surface area (TPSA) is 83.0 Å². The summed E-state index contributed by atoms with van der Waals surface area (Å²) in [6.45, 7) is 0. The highest BCUT2D eigenvalue weighted by atomic mass is 79.9. The maximum Gasteiger partial charge on any atom is 0.377 e. The van der Waals surface area contributed by atoms with Gasteiger partial charge in [-0.1, -0.05) is 28.1 Å². The van der Waals surface area contributed by atoms with Gasteiger partial charge in [-0.2, -0.15) is 0 Å². The molecule has 0 atom stereocenters. The molecule has 0 spiro atoms. The van der Waals surface area contributed by atoms with Crippen LogP contribution < -0.4 is 5.73 Å². The molecule has 19 heavy (non-hydrogen) atoms. The first kappa shape index (κ1) is 13.6. The van der Waals surface area contributed by atoms with Gasteiger partial charge in [0, 0.05) is 10.0 Å². The number of methoxy groups -OCH3 is 1. The number of nitrogens with two attached hydrogens (primary N) is 1. The van der Waals surface area contributed by atoms with Crippen molar-refractivity contribution < 1.29 is 9.53 Å². The van der Waals surface area contributed by atoms with Crippen LogP contribution in [0.4, 0.5) is 0 Å². The van der Waals surface area contributed by atoms with E-state index < -0.39 is 5.97 Å². The number of rotatable bonds is 3. The first-order valence-corrected chi connectivity index (χ1v) is 6.32. The Labute approximate surface area is 122 Å². The molecule has 98 valence electrons. The second kappa shape index (κ2) is 5.45. The van der Waals surface area contributed by atoms with Gasteiger partial charge in [-0.15, -0.1) is 5.10 Å². The molecule has 2 N–H and O–H groups in total. The lowest BCUT2D eigenvalue weighted by molar-refractivity contribution is 0.0587. The van der Waals surface area contributed by atoms with Gasteiger partial charge < -0.3 is 10.5 Å². The number of carbonyl (C=O) groups is 1. The number of thiocarbonyl (C=S) groups is 1. The summed E-state index contributed by atoms with van der Waals surface area (Å²) in [5, 5.41) is 4.02. The van der Waals surface area contributed by atoms with Crippen molar-refractivity contribution in [3.8, 4) is 5.69 Å². The van der Waals surface area contributed by atoms with E-state index in [0.717, 1.165) is 4.47 Å². The quantitative estimate of drug-likeness (QED) is 0.672. The Bertz CT molecular complexity index is 656. The average Bonchev–Trinajstić information content (AvgIpc) is 2.87. The second-order valence-corrected chi connectivity index (χ2v) is 4.89. The Morgan fingerprint density at radius 2 is 2.26 bits per heavy atom. The SMILES string of the molecule is COC(=O)c1ncn(-c2ccc(Br)cc2C(N)=S)n1. The zero-order valence-corrected chi connectivity index (χ0v) is 12.2. The summed E-state index contributed by atoms with van der Waals surface area (Å²) < 4.78 is 6.81. The fraction of sp³-hybridized carbons (Fsp3) is 0.0909. The molecule has 0 bridgehead atoms. The molecule has 0 radical (unpaired) electrons. The maximum absolute atomic E-state index is 11.3. The Balaban J connectivity index is 2.50. The van der Waals surface area contributed by atoms with E-state index >= 15 is 0 Å². The zero-order chi connectivity index (χ0) is 14.0. The molecule has 1 aromatic heterocycles. The monoisotopic (exact) mass is 340 g/mol. The van der Waals surface area contributed by atoms with E-state index in [0.29, 0.717) is 11.3 Å². The number of carbonyl (C=O) groups excluding carboxylic acids is 1. The highest BCUT2D eigenvalue weighted by Crippen LogP contribution is 2.19. The Morgan fingerprint density at radius 1 is 1.53 bits per heavy atom. The lowest BCUT2D eigenvalue weighted by atomic mass is 10.2. The van der Waals surface area contributed by atoms with Gasteiger partial charge in [0.1, 0.15) is 11.3 Å². The summed E-state index contributed by atoms with van der Waals surface area (Å²) in [5.41, 5.74) is 6.94. The summed E-state index contributed by atoms with van der Waals surface area (Å²) in [6, 6.07) is 5.36. The molecule has 0 saturated heterocycles. The fourth-order valence-electron chi connectivity index (χ4n) is 1.47. The van der Waals surface area contributed by atoms with Gasteiger partial charge in [0.15, 0.2) is 0 Å². The molecule has 0 aliphatic carbocycles. The minimum absolute atomic E-state index is 0.0284. The fourth-order valence-corrected chi connectivity index (χ4v) is 1.99. The van der Waals surface area contributed by atoms with Gasteiger partial charge in [-0.25, -0.2) is 14.5 Å². The van der Waals surface area contributed by atoms with Crippen LogP contribution in [0.1, 0.15) is 16.2 Å². The lowest BCUT2D eigenvalue weighted by Gasteiger charge is -2.07. The van der Waals surface area contributed by atoms with Crippen LogP contribution >= 0.6 is 28.1 Å². The van der Waals surface area contributed by atoms with Crippen LogP contribution in [0.5, 0.6) is 0 Å². The van der Waals surface area contributed by atoms with Crippen molar-refractivity contribution in [2.45, 2.75) is 0 Å². The first-order chi connectivity index (χ1) is 9.02. The number of hydrogen-bond donors (Lipinski definition) is 1. The summed E-state index contributed by atoms with van der Waals surface area (Å²) in [4.78, 5) is 15.4. The van der Waals surface area contributed by atoms with Gasteiger partial charge in [-0.3, -0.25) is 0 Å². The standard InChI is InChI=1S/C11H9BrN4O2S/c1-18-11(17)10-14-5-16(15-10)8-3-2-6(12)4-7(8)9(13)19/h2-5H,1H3,(H2,13,19). The van der Waals surface area contributed by atoms with E-state index in [1.807, 2.05) is 6.07 Å². The Hall–Kier alpha value is -1.80. The molecule has 6 nitrogen and oxygen atoms in total. The van der Waals surface area contributed by atoms with E-state index in [2.05, 4.69) is 30.7 Å². The number of esters is 1. The number of nitrogens with zero attached hydrogens (tertiary/aromatic N) is 3. The van der Waals surface area contributed by atoms with Crippen LogP contribution in [0.2, 0.25) is 0 Å². The lowest BCUT2D eigenvalue weighted by Crippen LogP contribution is -2.14. The van der Waals surface area contributed by atoms with Crippen LogP contribution in [-0.4, -0.2) is 32.8 Å². The highest BCUT2D eigenvalue weighted by molar-refractivity contribution is 9.10. The second-order valence-electron chi connectivity index (χ2n) is 3.53. The van der Waals surface area contributed by atoms with Crippen molar-refractivity contribution in [1.82, 2.24) is 14.8 Å². The van der Waals surface area contributed by atoms with Crippen molar-refractivity contribution in [3.05, 3.63) is 40.4 Å². The number of aromatic nitrogens is 3. The summed E-state index contributed by atoms with van der Waals surface area (Å²) >= 11 is 8.34. The van der Waals surface area contributed by atoms with Gasteiger partial charge in [0.2, 0.25) is 0 Å². The third kappa shape index (κ3) is 2.79. The van der Waals surface area contributed by atoms with Gasteiger partial charge in [0.05, 0.1) is 12.8 Å². The third-order valence-corrected chi connectivity index (χ3v) is 3.04. The van der Waals surface area contributed by atoms with Crippen molar-refractivity contribution in [2.75, 3.05) is 7.11 Å². The largest absolute Gasteiger partial charge is 0.463 e. The highest BCUT2D eigenvalue weighted by Gasteiger charge is 2.14. The smallest absolute Gasteiger partial charge is 0.377 e. The Kier molecular flexibility index (Phi) is 3.91. The van der Waals surface area contributed by atoms with Gasteiger partial charge in [-0.05, 0) is 18.2 Å². The van der Waals surface area contributed by atoms with Crippen molar-refractivity contribution in [3.63, 3.8) is 0 Å². The molecular formula is C11H9BrN4O2S. The number of ether oxygens (including phenoxy) is 1. The molecule has 0 aliphatic rings. The summed E-state index contributed by atoms with van der Waals surface area (Å²) in [5.74, 6) is -0.632. The van der Waals surface area contributed by atoms with Crippen LogP contribution in [0.3, 0.4) is 0 Å². The molecule has 0 amide bonds. The zero-order valence-electron chi connectivity index (χ0n) is 9.83.